The van der Waals surface area contributed by atoms with Gasteiger partial charge in [0.2, 0.25) is 10.7 Å². The fourth-order valence-electron chi connectivity index (χ4n) is 3.45. The molecule has 0 aliphatic heterocycles. The summed E-state index contributed by atoms with van der Waals surface area (Å²) in [6.07, 6.45) is 0. The Balaban J connectivity index is 1.56. The Morgan fingerprint density at radius 2 is 1.28 bits per heavy atom. The molecular weight excluding hydrogens is 529 g/mol. The van der Waals surface area contributed by atoms with E-state index < -0.39 is 0 Å². The van der Waals surface area contributed by atoms with Gasteiger partial charge in [-0.05, 0) is 49.2 Å². The van der Waals surface area contributed by atoms with Crippen LogP contribution in [0.5, 0.6) is 0 Å². The second kappa shape index (κ2) is 9.39. The van der Waals surface area contributed by atoms with Gasteiger partial charge in [0, 0.05) is 0 Å². The van der Waals surface area contributed by atoms with Crippen LogP contribution in [0.15, 0.2) is 34.3 Å². The lowest BCUT2D eigenvalue weighted by molar-refractivity contribution is 1.42. The molecule has 36 heavy (non-hydrogen) atoms. The Bertz CT molecular complexity index is 1690. The molecular formula is C24H10N8S4. The Kier molecular flexibility index (Phi) is 6.12. The lowest BCUT2D eigenvalue weighted by atomic mass is 10.1. The second-order valence-electron chi connectivity index (χ2n) is 7.26. The largest absolute Gasteiger partial charge is 0.351 e. The molecule has 8 nitrogen and oxygen atoms in total. The minimum Gasteiger partial charge on any atom is -0.351 e. The van der Waals surface area contributed by atoms with Crippen LogP contribution in [0.25, 0.3) is 45.0 Å². The SMILES string of the molecule is [C-]#[N+]C(C#N)=Nc1ccc(-c2nc3c(C)c4sc(-c5ccc(N=C(C#N)C#N)s5)nc4c(C)c3s2)s1. The summed E-state index contributed by atoms with van der Waals surface area (Å²) in [6, 6.07) is 12.7. The predicted octanol–water partition coefficient (Wildman–Crippen LogP) is 7.57. The zero-order chi connectivity index (χ0) is 25.4. The van der Waals surface area contributed by atoms with Crippen LogP contribution in [0.2, 0.25) is 0 Å². The summed E-state index contributed by atoms with van der Waals surface area (Å²) in [5.41, 5.74) is 3.78. The van der Waals surface area contributed by atoms with E-state index in [9.17, 15) is 0 Å². The third-order valence-electron chi connectivity index (χ3n) is 5.11. The van der Waals surface area contributed by atoms with Crippen molar-refractivity contribution in [3.05, 3.63) is 46.8 Å². The number of amidine groups is 1. The lowest BCUT2D eigenvalue weighted by Gasteiger charge is -2.00. The molecule has 0 aliphatic rings. The van der Waals surface area contributed by atoms with Crippen molar-refractivity contribution in [1.82, 2.24) is 9.97 Å². The van der Waals surface area contributed by atoms with Gasteiger partial charge in [0.15, 0.2) is 0 Å². The van der Waals surface area contributed by atoms with Gasteiger partial charge >= 0.3 is 5.84 Å². The first-order chi connectivity index (χ1) is 17.4. The van der Waals surface area contributed by atoms with Crippen molar-refractivity contribution in [3.8, 4) is 38.0 Å². The van der Waals surface area contributed by atoms with Crippen LogP contribution in [-0.2, 0) is 0 Å². The van der Waals surface area contributed by atoms with E-state index in [4.69, 9.17) is 32.3 Å². The first-order valence-electron chi connectivity index (χ1n) is 10.1. The number of hydrogen-bond acceptors (Lipinski definition) is 11. The van der Waals surface area contributed by atoms with Gasteiger partial charge in [-0.3, -0.25) is 0 Å². The summed E-state index contributed by atoms with van der Waals surface area (Å²) in [7, 11) is 0. The van der Waals surface area contributed by atoms with Gasteiger partial charge in [-0.2, -0.15) is 10.5 Å². The number of fused-ring (bicyclic) bond motifs is 2. The summed E-state index contributed by atoms with van der Waals surface area (Å²) in [5.74, 6) is -0.193. The number of aromatic nitrogens is 2. The monoisotopic (exact) mass is 538 g/mol. The molecule has 1 aromatic carbocycles. The van der Waals surface area contributed by atoms with Gasteiger partial charge in [0.25, 0.3) is 0 Å². The van der Waals surface area contributed by atoms with Crippen molar-refractivity contribution in [2.75, 3.05) is 0 Å². The van der Waals surface area contributed by atoms with Crippen LogP contribution in [0.4, 0.5) is 10.0 Å². The molecule has 5 aromatic rings. The molecule has 0 saturated carbocycles. The van der Waals surface area contributed by atoms with Crippen molar-refractivity contribution in [1.29, 1.82) is 15.8 Å². The molecule has 0 radical (unpaired) electrons. The molecule has 0 atom stereocenters. The third kappa shape index (κ3) is 4.05. The van der Waals surface area contributed by atoms with Crippen LogP contribution in [0.1, 0.15) is 11.1 Å². The highest BCUT2D eigenvalue weighted by Gasteiger charge is 2.20. The van der Waals surface area contributed by atoms with Crippen LogP contribution in [-0.4, -0.2) is 21.5 Å². The van der Waals surface area contributed by atoms with Gasteiger partial charge in [-0.25, -0.2) is 20.2 Å². The smallest absolute Gasteiger partial charge is 0.350 e. The van der Waals surface area contributed by atoms with E-state index in [0.29, 0.717) is 10.0 Å². The average molecular weight is 539 g/mol. The van der Waals surface area contributed by atoms with Crippen LogP contribution in [0.3, 0.4) is 0 Å². The molecule has 5 rings (SSSR count). The highest BCUT2D eigenvalue weighted by atomic mass is 32.1. The number of nitriles is 3. The maximum absolute atomic E-state index is 8.96. The maximum atomic E-state index is 8.96. The van der Waals surface area contributed by atoms with E-state index in [1.165, 1.54) is 22.7 Å². The molecule has 0 aliphatic carbocycles. The van der Waals surface area contributed by atoms with Gasteiger partial charge < -0.3 is 4.85 Å². The Morgan fingerprint density at radius 3 is 1.72 bits per heavy atom. The molecule has 0 bridgehead atoms. The topological polar surface area (TPSA) is 126 Å². The molecule has 4 aromatic heterocycles. The molecule has 0 saturated heterocycles. The number of thiophene rings is 2. The van der Waals surface area contributed by atoms with E-state index in [-0.39, 0.29) is 11.5 Å². The summed E-state index contributed by atoms with van der Waals surface area (Å²) < 4.78 is 2.13. The third-order valence-corrected chi connectivity index (χ3v) is 9.75. The molecule has 4 heterocycles. The highest BCUT2D eigenvalue weighted by molar-refractivity contribution is 7.28. The van der Waals surface area contributed by atoms with Crippen LogP contribution < -0.4 is 0 Å². The summed E-state index contributed by atoms with van der Waals surface area (Å²) in [5, 5.41) is 29.7. The maximum Gasteiger partial charge on any atom is 0.350 e. The number of nitrogens with zero attached hydrogens (tertiary/aromatic N) is 8. The van der Waals surface area contributed by atoms with Crippen molar-refractivity contribution in [2.24, 2.45) is 9.98 Å². The molecule has 0 amide bonds. The van der Waals surface area contributed by atoms with Gasteiger partial charge in [0.05, 0.1) is 30.2 Å². The zero-order valence-corrected chi connectivity index (χ0v) is 21.8. The molecule has 170 valence electrons. The fraction of sp³-hybridized carbons (Fsp3) is 0.0833. The molecule has 0 N–H and O–H groups in total. The van der Waals surface area contributed by atoms with Gasteiger partial charge in [-0.1, -0.05) is 22.9 Å². The standard InChI is InChI=1S/C24H10N8S4/c1-11-19-21(35-23(31-19)14-4-6-17(33-14)29-13(8-25)9-26)12(2)20-22(11)36-24(32-20)15-5-7-18(34-15)30-16(10-27)28-3/h4-7H,1-2H3. The highest BCUT2D eigenvalue weighted by Crippen LogP contribution is 2.45. The van der Waals surface area contributed by atoms with E-state index in [1.807, 2.05) is 26.0 Å². The summed E-state index contributed by atoms with van der Waals surface area (Å²) >= 11 is 5.94. The van der Waals surface area contributed by atoms with Crippen LogP contribution >= 0.6 is 45.3 Å². The quantitative estimate of drug-likeness (QED) is 0.132. The van der Waals surface area contributed by atoms with Crippen molar-refractivity contribution in [3.63, 3.8) is 0 Å². The Morgan fingerprint density at radius 1 is 0.778 bits per heavy atom. The number of rotatable bonds is 4. The predicted molar refractivity (Wildman–Crippen MR) is 147 cm³/mol. The average Bonchev–Trinajstić information content (AvgIpc) is 3.69. The molecule has 0 unspecified atom stereocenters. The van der Waals surface area contributed by atoms with Crippen LogP contribution in [0, 0.1) is 54.4 Å². The first kappa shape index (κ1) is 23.4. The van der Waals surface area contributed by atoms with E-state index in [2.05, 4.69) is 14.8 Å². The number of aliphatic imine (C=N–C) groups is 2. The van der Waals surface area contributed by atoms with E-state index in [0.717, 1.165) is 51.3 Å². The molecule has 0 fully saturated rings. The van der Waals surface area contributed by atoms with E-state index in [1.54, 1.807) is 53.0 Å². The molecule has 12 heteroatoms. The summed E-state index contributed by atoms with van der Waals surface area (Å²) in [4.78, 5) is 23.0. The number of thiazole rings is 2. The number of hydrogen-bond donors (Lipinski definition) is 0. The number of benzene rings is 1. The zero-order valence-electron chi connectivity index (χ0n) is 18.5. The minimum atomic E-state index is -0.193. The van der Waals surface area contributed by atoms with Gasteiger partial charge in [-0.15, -0.1) is 34.0 Å². The molecule has 0 spiro atoms. The van der Waals surface area contributed by atoms with Crippen molar-refractivity contribution in [2.45, 2.75) is 13.8 Å². The lowest BCUT2D eigenvalue weighted by Crippen LogP contribution is -1.84. The second-order valence-corrected chi connectivity index (χ2v) is 11.4. The van der Waals surface area contributed by atoms with E-state index >= 15 is 0 Å². The van der Waals surface area contributed by atoms with Gasteiger partial charge in [0.1, 0.15) is 33.2 Å². The van der Waals surface area contributed by atoms with Crippen molar-refractivity contribution >= 4 is 87.3 Å². The fourth-order valence-corrected chi connectivity index (χ4v) is 7.57. The number of aryl methyl sites for hydroxylation is 2. The normalized spacial score (nSPS) is 11.1. The first-order valence-corrected chi connectivity index (χ1v) is 13.4. The Hall–Kier alpha value is -4.30. The summed E-state index contributed by atoms with van der Waals surface area (Å²) in [6.45, 7) is 11.1. The Labute approximate surface area is 220 Å². The minimum absolute atomic E-state index is 0.178. The van der Waals surface area contributed by atoms with Crippen molar-refractivity contribution < 1.29 is 0 Å².